The van der Waals surface area contributed by atoms with Crippen LogP contribution in [0.4, 0.5) is 23.2 Å². The number of halogens is 6. The molecule has 10 heteroatoms. The average Bonchev–Trinajstić information content (AvgIpc) is 2.42. The van der Waals surface area contributed by atoms with E-state index in [2.05, 4.69) is 0 Å². The van der Waals surface area contributed by atoms with Crippen LogP contribution >= 0.6 is 23.2 Å². The van der Waals surface area contributed by atoms with Crippen LogP contribution in [0, 0.1) is 5.82 Å². The fraction of sp³-hybridized carbons (Fsp3) is 0.0769. The van der Waals surface area contributed by atoms with Crippen LogP contribution in [0.1, 0.15) is 5.56 Å². The van der Waals surface area contributed by atoms with Gasteiger partial charge in [-0.3, -0.25) is 4.72 Å². The molecular weight excluding hydrogens is 381 g/mol. The number of anilines is 1. The molecule has 0 unspecified atom stereocenters. The summed E-state index contributed by atoms with van der Waals surface area (Å²) in [6.45, 7) is 0. The van der Waals surface area contributed by atoms with Gasteiger partial charge in [0.15, 0.2) is 5.82 Å². The zero-order valence-electron chi connectivity index (χ0n) is 11.0. The molecule has 2 rings (SSSR count). The first kappa shape index (κ1) is 17.8. The van der Waals surface area contributed by atoms with Crippen LogP contribution in [0.25, 0.3) is 0 Å². The molecule has 2 aromatic rings. The van der Waals surface area contributed by atoms with Crippen LogP contribution in [0.15, 0.2) is 41.3 Å². The second kappa shape index (κ2) is 6.18. The van der Waals surface area contributed by atoms with Crippen molar-refractivity contribution in [2.45, 2.75) is 11.1 Å². The van der Waals surface area contributed by atoms with Gasteiger partial charge < -0.3 is 0 Å². The van der Waals surface area contributed by atoms with E-state index in [1.165, 1.54) is 12.1 Å². The average molecular weight is 388 g/mol. The Morgan fingerprint density at radius 2 is 1.65 bits per heavy atom. The molecule has 0 radical (unpaired) electrons. The summed E-state index contributed by atoms with van der Waals surface area (Å²) in [5.74, 6) is -1.05. The molecule has 0 aliphatic rings. The minimum Gasteiger partial charge on any atom is -0.277 e. The summed E-state index contributed by atoms with van der Waals surface area (Å²) >= 11 is 11.2. The zero-order chi connectivity index (χ0) is 17.4. The third-order valence-electron chi connectivity index (χ3n) is 2.74. The zero-order valence-corrected chi connectivity index (χ0v) is 13.3. The summed E-state index contributed by atoms with van der Waals surface area (Å²) in [6, 6.07) is 5.34. The number of hydrogen-bond donors (Lipinski definition) is 1. The maximum absolute atomic E-state index is 13.7. The quantitative estimate of drug-likeness (QED) is 0.757. The van der Waals surface area contributed by atoms with E-state index in [9.17, 15) is 26.0 Å². The van der Waals surface area contributed by atoms with Gasteiger partial charge in [-0.2, -0.15) is 13.2 Å². The van der Waals surface area contributed by atoms with Crippen molar-refractivity contribution in [2.75, 3.05) is 4.72 Å². The molecule has 0 amide bonds. The van der Waals surface area contributed by atoms with Gasteiger partial charge in [0.2, 0.25) is 0 Å². The standard InChI is InChI=1S/C13H7Cl2F4NO2S/c14-8-5-4-7(13(17,18)19)6-11(8)23(21,22)20-10-3-1-2-9(15)12(10)16/h1-6,20H. The molecule has 124 valence electrons. The van der Waals surface area contributed by atoms with E-state index in [4.69, 9.17) is 23.2 Å². The lowest BCUT2D eigenvalue weighted by Gasteiger charge is -2.13. The van der Waals surface area contributed by atoms with Crippen LogP contribution in [0.5, 0.6) is 0 Å². The van der Waals surface area contributed by atoms with E-state index in [1.54, 1.807) is 0 Å². The number of benzene rings is 2. The molecule has 0 bridgehead atoms. The molecule has 0 atom stereocenters. The van der Waals surface area contributed by atoms with Gasteiger partial charge in [0.05, 0.1) is 21.3 Å². The molecule has 0 saturated carbocycles. The van der Waals surface area contributed by atoms with Crippen molar-refractivity contribution < 1.29 is 26.0 Å². The fourth-order valence-corrected chi connectivity index (χ4v) is 3.43. The summed E-state index contributed by atoms with van der Waals surface area (Å²) in [5.41, 5.74) is -1.71. The largest absolute Gasteiger partial charge is 0.416 e. The van der Waals surface area contributed by atoms with Crippen LogP contribution in [-0.2, 0) is 16.2 Å². The fourth-order valence-electron chi connectivity index (χ4n) is 1.67. The van der Waals surface area contributed by atoms with Crippen LogP contribution in [0.2, 0.25) is 10.0 Å². The first-order chi connectivity index (χ1) is 10.5. The lowest BCUT2D eigenvalue weighted by atomic mass is 10.2. The highest BCUT2D eigenvalue weighted by atomic mass is 35.5. The van der Waals surface area contributed by atoms with Crippen molar-refractivity contribution in [3.05, 3.63) is 57.8 Å². The number of alkyl halides is 3. The smallest absolute Gasteiger partial charge is 0.277 e. The Morgan fingerprint density at radius 3 is 2.26 bits per heavy atom. The molecule has 0 spiro atoms. The predicted octanol–water partition coefficient (Wildman–Crippen LogP) is 4.95. The monoisotopic (exact) mass is 387 g/mol. The first-order valence-electron chi connectivity index (χ1n) is 5.86. The van der Waals surface area contributed by atoms with Gasteiger partial charge in [-0.15, -0.1) is 0 Å². The molecule has 0 heterocycles. The highest BCUT2D eigenvalue weighted by molar-refractivity contribution is 7.92. The molecule has 0 saturated heterocycles. The van der Waals surface area contributed by atoms with E-state index in [1.807, 2.05) is 4.72 Å². The summed E-state index contributed by atoms with van der Waals surface area (Å²) < 4.78 is 78.0. The molecule has 0 fully saturated rings. The summed E-state index contributed by atoms with van der Waals surface area (Å²) in [7, 11) is -4.55. The third-order valence-corrected chi connectivity index (χ3v) is 4.88. The molecule has 0 aliphatic carbocycles. The Kier molecular flexibility index (Phi) is 4.79. The SMILES string of the molecule is O=S(=O)(Nc1cccc(Cl)c1F)c1cc(C(F)(F)F)ccc1Cl. The highest BCUT2D eigenvalue weighted by Crippen LogP contribution is 2.34. The molecule has 23 heavy (non-hydrogen) atoms. The molecule has 1 N–H and O–H groups in total. The minimum atomic E-state index is -4.75. The van der Waals surface area contributed by atoms with Crippen molar-refractivity contribution in [3.8, 4) is 0 Å². The normalized spacial score (nSPS) is 12.3. The number of rotatable bonds is 3. The van der Waals surface area contributed by atoms with E-state index >= 15 is 0 Å². The first-order valence-corrected chi connectivity index (χ1v) is 8.10. The molecule has 3 nitrogen and oxygen atoms in total. The topological polar surface area (TPSA) is 46.2 Å². The highest BCUT2D eigenvalue weighted by Gasteiger charge is 2.33. The van der Waals surface area contributed by atoms with E-state index < -0.39 is 43.2 Å². The predicted molar refractivity (Wildman–Crippen MR) is 78.7 cm³/mol. The van der Waals surface area contributed by atoms with Gasteiger partial charge in [-0.05, 0) is 30.3 Å². The van der Waals surface area contributed by atoms with E-state index in [0.717, 1.165) is 12.1 Å². The Labute approximate surface area is 138 Å². The second-order valence-electron chi connectivity index (χ2n) is 4.35. The van der Waals surface area contributed by atoms with E-state index in [-0.39, 0.29) is 5.02 Å². The maximum Gasteiger partial charge on any atom is 0.416 e. The van der Waals surface area contributed by atoms with Gasteiger partial charge in [-0.1, -0.05) is 29.3 Å². The number of nitrogens with one attached hydrogen (secondary N) is 1. The number of sulfonamides is 1. The second-order valence-corrected chi connectivity index (χ2v) is 6.82. The Bertz CT molecular complexity index is 854. The summed E-state index contributed by atoms with van der Waals surface area (Å²) in [6.07, 6.45) is -4.75. The molecule has 0 aliphatic heterocycles. The Morgan fingerprint density at radius 1 is 1.00 bits per heavy atom. The van der Waals surface area contributed by atoms with Crippen molar-refractivity contribution in [2.24, 2.45) is 0 Å². The van der Waals surface area contributed by atoms with Gasteiger partial charge in [0, 0.05) is 0 Å². The number of hydrogen-bond acceptors (Lipinski definition) is 2. The third kappa shape index (κ3) is 3.88. The van der Waals surface area contributed by atoms with Gasteiger partial charge >= 0.3 is 6.18 Å². The van der Waals surface area contributed by atoms with Crippen molar-refractivity contribution in [1.29, 1.82) is 0 Å². The van der Waals surface area contributed by atoms with Crippen molar-refractivity contribution in [3.63, 3.8) is 0 Å². The van der Waals surface area contributed by atoms with Crippen LogP contribution < -0.4 is 4.72 Å². The Hall–Kier alpha value is -1.51. The Balaban J connectivity index is 2.50. The lowest BCUT2D eigenvalue weighted by Crippen LogP contribution is -2.16. The lowest BCUT2D eigenvalue weighted by molar-refractivity contribution is -0.137. The minimum absolute atomic E-state index is 0.347. The van der Waals surface area contributed by atoms with Crippen molar-refractivity contribution in [1.82, 2.24) is 0 Å². The van der Waals surface area contributed by atoms with Crippen molar-refractivity contribution >= 4 is 38.9 Å². The molecular formula is C13H7Cl2F4NO2S. The molecule has 2 aromatic carbocycles. The van der Waals surface area contributed by atoms with Crippen LogP contribution in [-0.4, -0.2) is 8.42 Å². The maximum atomic E-state index is 13.7. The van der Waals surface area contributed by atoms with E-state index in [0.29, 0.717) is 12.1 Å². The molecule has 0 aromatic heterocycles. The van der Waals surface area contributed by atoms with Gasteiger partial charge in [-0.25, -0.2) is 12.8 Å². The summed E-state index contributed by atoms with van der Waals surface area (Å²) in [4.78, 5) is -0.826. The summed E-state index contributed by atoms with van der Waals surface area (Å²) in [5, 5.41) is -0.784. The van der Waals surface area contributed by atoms with Crippen LogP contribution in [0.3, 0.4) is 0 Å². The van der Waals surface area contributed by atoms with Gasteiger partial charge in [0.1, 0.15) is 4.90 Å². The van der Waals surface area contributed by atoms with Gasteiger partial charge in [0.25, 0.3) is 10.0 Å².